The van der Waals surface area contributed by atoms with Crippen LogP contribution in [-0.4, -0.2) is 47.1 Å². The zero-order valence-corrected chi connectivity index (χ0v) is 15.0. The number of nitrogens with zero attached hydrogens (tertiary/aromatic N) is 2. The van der Waals surface area contributed by atoms with Crippen LogP contribution in [-0.2, 0) is 11.3 Å². The summed E-state index contributed by atoms with van der Waals surface area (Å²) in [7, 11) is 0. The summed E-state index contributed by atoms with van der Waals surface area (Å²) >= 11 is 1.81. The van der Waals surface area contributed by atoms with Crippen LogP contribution in [0.5, 0.6) is 0 Å². The lowest BCUT2D eigenvalue weighted by Crippen LogP contribution is -2.49. The van der Waals surface area contributed by atoms with Crippen molar-refractivity contribution < 1.29 is 9.53 Å². The zero-order valence-electron chi connectivity index (χ0n) is 14.2. The van der Waals surface area contributed by atoms with E-state index in [-0.39, 0.29) is 17.6 Å². The first-order valence-corrected chi connectivity index (χ1v) is 9.70. The molecule has 1 spiro atoms. The lowest BCUT2D eigenvalue weighted by Gasteiger charge is -2.38. The molecule has 0 unspecified atom stereocenters. The Morgan fingerprint density at radius 2 is 2.28 bits per heavy atom. The SMILES string of the molecule is O=C(N[C@H]1CCO[C@]2(CCN(Cc3cccs3)C2)C1)c1ccncc1. The third-order valence-electron chi connectivity index (χ3n) is 5.13. The van der Waals surface area contributed by atoms with Crippen molar-refractivity contribution in [2.24, 2.45) is 0 Å². The third-order valence-corrected chi connectivity index (χ3v) is 5.99. The predicted molar refractivity (Wildman–Crippen MR) is 97.6 cm³/mol. The Bertz CT molecular complexity index is 707. The van der Waals surface area contributed by atoms with Gasteiger partial charge in [0.15, 0.2) is 0 Å². The number of pyridine rings is 1. The summed E-state index contributed by atoms with van der Waals surface area (Å²) in [4.78, 5) is 20.2. The molecular formula is C19H23N3O2S. The van der Waals surface area contributed by atoms with E-state index in [1.165, 1.54) is 4.88 Å². The molecule has 4 heterocycles. The number of nitrogens with one attached hydrogen (secondary N) is 1. The molecule has 2 atom stereocenters. The summed E-state index contributed by atoms with van der Waals surface area (Å²) in [6.07, 6.45) is 6.12. The van der Waals surface area contributed by atoms with E-state index in [1.807, 2.05) is 0 Å². The number of aromatic nitrogens is 1. The van der Waals surface area contributed by atoms with Crippen LogP contribution in [0.1, 0.15) is 34.5 Å². The van der Waals surface area contributed by atoms with E-state index >= 15 is 0 Å². The molecule has 5 nitrogen and oxygen atoms in total. The summed E-state index contributed by atoms with van der Waals surface area (Å²) in [5, 5.41) is 5.31. The van der Waals surface area contributed by atoms with E-state index in [0.29, 0.717) is 12.2 Å². The highest BCUT2D eigenvalue weighted by Crippen LogP contribution is 2.35. The Kier molecular flexibility index (Phi) is 4.83. The molecule has 0 radical (unpaired) electrons. The average Bonchev–Trinajstić information content (AvgIpc) is 3.27. The highest BCUT2D eigenvalue weighted by atomic mass is 32.1. The molecule has 2 fully saturated rings. The molecule has 2 saturated heterocycles. The molecular weight excluding hydrogens is 334 g/mol. The van der Waals surface area contributed by atoms with E-state index in [9.17, 15) is 4.79 Å². The van der Waals surface area contributed by atoms with Gasteiger partial charge < -0.3 is 10.1 Å². The van der Waals surface area contributed by atoms with Crippen molar-refractivity contribution >= 4 is 17.2 Å². The van der Waals surface area contributed by atoms with Gasteiger partial charge in [0.25, 0.3) is 5.91 Å². The smallest absolute Gasteiger partial charge is 0.251 e. The van der Waals surface area contributed by atoms with E-state index in [4.69, 9.17) is 4.74 Å². The van der Waals surface area contributed by atoms with E-state index in [0.717, 1.165) is 38.9 Å². The molecule has 2 aromatic rings. The minimum absolute atomic E-state index is 0.0158. The van der Waals surface area contributed by atoms with Crippen LogP contribution in [0.3, 0.4) is 0 Å². The Balaban J connectivity index is 1.35. The van der Waals surface area contributed by atoms with Crippen LogP contribution in [0.25, 0.3) is 0 Å². The van der Waals surface area contributed by atoms with Crippen LogP contribution in [0, 0.1) is 0 Å². The van der Waals surface area contributed by atoms with Crippen molar-refractivity contribution in [1.82, 2.24) is 15.2 Å². The minimum atomic E-state index is -0.105. The van der Waals surface area contributed by atoms with Gasteiger partial charge >= 0.3 is 0 Å². The average molecular weight is 357 g/mol. The summed E-state index contributed by atoms with van der Waals surface area (Å²) in [6, 6.07) is 7.98. The maximum absolute atomic E-state index is 12.4. The number of carbonyl (C=O) groups is 1. The summed E-state index contributed by atoms with van der Waals surface area (Å²) in [6.45, 7) is 3.72. The number of likely N-dealkylation sites (tertiary alicyclic amines) is 1. The Hall–Kier alpha value is -1.76. The maximum atomic E-state index is 12.4. The van der Waals surface area contributed by atoms with Crippen molar-refractivity contribution in [3.8, 4) is 0 Å². The Morgan fingerprint density at radius 1 is 1.40 bits per heavy atom. The first-order valence-electron chi connectivity index (χ1n) is 8.82. The van der Waals surface area contributed by atoms with Gasteiger partial charge in [0.05, 0.1) is 5.60 Å². The van der Waals surface area contributed by atoms with E-state index in [1.54, 1.807) is 35.9 Å². The Labute approximate surface area is 152 Å². The summed E-state index contributed by atoms with van der Waals surface area (Å²) in [5.41, 5.74) is 0.562. The highest BCUT2D eigenvalue weighted by Gasteiger charge is 2.43. The van der Waals surface area contributed by atoms with Crippen molar-refractivity contribution in [3.05, 3.63) is 52.5 Å². The quantitative estimate of drug-likeness (QED) is 0.914. The topological polar surface area (TPSA) is 54.5 Å². The van der Waals surface area contributed by atoms with Crippen molar-refractivity contribution in [1.29, 1.82) is 0 Å². The standard InChI is InChI=1S/C19H23N3O2S/c23-18(15-3-7-20-8-4-15)21-16-5-10-24-19(12-16)6-9-22(14-19)13-17-2-1-11-25-17/h1-4,7-8,11,16H,5-6,9-10,12-14H2,(H,21,23)/t16-,19+/m0/s1. The lowest BCUT2D eigenvalue weighted by atomic mass is 9.89. The van der Waals surface area contributed by atoms with Gasteiger partial charge in [-0.25, -0.2) is 0 Å². The van der Waals surface area contributed by atoms with Crippen LogP contribution in [0.4, 0.5) is 0 Å². The summed E-state index contributed by atoms with van der Waals surface area (Å²) in [5.74, 6) is -0.0158. The summed E-state index contributed by atoms with van der Waals surface area (Å²) < 4.78 is 6.19. The second-order valence-electron chi connectivity index (χ2n) is 6.97. The molecule has 25 heavy (non-hydrogen) atoms. The molecule has 2 aromatic heterocycles. The van der Waals surface area contributed by atoms with Gasteiger partial charge in [-0.1, -0.05) is 6.07 Å². The van der Waals surface area contributed by atoms with Crippen LogP contribution >= 0.6 is 11.3 Å². The van der Waals surface area contributed by atoms with Gasteiger partial charge in [-0.05, 0) is 42.8 Å². The van der Waals surface area contributed by atoms with Gasteiger partial charge in [-0.2, -0.15) is 0 Å². The highest BCUT2D eigenvalue weighted by molar-refractivity contribution is 7.09. The van der Waals surface area contributed by atoms with Crippen molar-refractivity contribution in [2.45, 2.75) is 37.5 Å². The van der Waals surface area contributed by atoms with Gasteiger partial charge in [-0.3, -0.25) is 14.7 Å². The van der Waals surface area contributed by atoms with Gasteiger partial charge in [-0.15, -0.1) is 11.3 Å². The number of hydrogen-bond acceptors (Lipinski definition) is 5. The van der Waals surface area contributed by atoms with Crippen molar-refractivity contribution in [3.63, 3.8) is 0 Å². The monoisotopic (exact) mass is 357 g/mol. The predicted octanol–water partition coefficient (Wildman–Crippen LogP) is 2.70. The molecule has 2 aliphatic heterocycles. The second-order valence-corrected chi connectivity index (χ2v) is 8.00. The fourth-order valence-electron chi connectivity index (χ4n) is 3.89. The number of hydrogen-bond donors (Lipinski definition) is 1. The molecule has 6 heteroatoms. The van der Waals surface area contributed by atoms with E-state index < -0.39 is 0 Å². The van der Waals surface area contributed by atoms with Gasteiger partial charge in [0, 0.05) is 55.1 Å². The third kappa shape index (κ3) is 3.92. The molecule has 0 aromatic carbocycles. The van der Waals surface area contributed by atoms with Crippen LogP contribution in [0.15, 0.2) is 42.0 Å². The molecule has 1 amide bonds. The molecule has 132 valence electrons. The van der Waals surface area contributed by atoms with Gasteiger partial charge in [0.2, 0.25) is 0 Å². The van der Waals surface area contributed by atoms with Crippen molar-refractivity contribution in [2.75, 3.05) is 19.7 Å². The molecule has 0 bridgehead atoms. The van der Waals surface area contributed by atoms with Crippen LogP contribution < -0.4 is 5.32 Å². The number of rotatable bonds is 4. The zero-order chi connectivity index (χ0) is 17.1. The fourth-order valence-corrected chi connectivity index (χ4v) is 4.64. The lowest BCUT2D eigenvalue weighted by molar-refractivity contribution is -0.0792. The minimum Gasteiger partial charge on any atom is -0.373 e. The number of thiophene rings is 1. The molecule has 4 rings (SSSR count). The number of ether oxygens (including phenoxy) is 1. The maximum Gasteiger partial charge on any atom is 0.251 e. The molecule has 1 N–H and O–H groups in total. The molecule has 0 aliphatic carbocycles. The first-order chi connectivity index (χ1) is 12.2. The second kappa shape index (κ2) is 7.23. The number of carbonyl (C=O) groups excluding carboxylic acids is 1. The normalized spacial score (nSPS) is 26.8. The molecule has 2 aliphatic rings. The largest absolute Gasteiger partial charge is 0.373 e. The molecule has 0 saturated carbocycles. The Morgan fingerprint density at radius 3 is 3.08 bits per heavy atom. The van der Waals surface area contributed by atoms with Crippen LogP contribution in [0.2, 0.25) is 0 Å². The number of amides is 1. The van der Waals surface area contributed by atoms with Gasteiger partial charge in [0.1, 0.15) is 0 Å². The first kappa shape index (κ1) is 16.7. The fraction of sp³-hybridized carbons (Fsp3) is 0.474. The van der Waals surface area contributed by atoms with E-state index in [2.05, 4.69) is 32.7 Å².